The summed E-state index contributed by atoms with van der Waals surface area (Å²) in [5.74, 6) is 0.865. The topological polar surface area (TPSA) is 27.1 Å². The SMILES string of the molecule is C=Cc1cc(OCC)cc(-c2cnn(C)c2)c1. The summed E-state index contributed by atoms with van der Waals surface area (Å²) in [6, 6.07) is 6.08. The van der Waals surface area contributed by atoms with Crippen molar-refractivity contribution in [2.24, 2.45) is 7.05 Å². The van der Waals surface area contributed by atoms with Gasteiger partial charge in [-0.15, -0.1) is 0 Å². The minimum Gasteiger partial charge on any atom is -0.494 e. The normalized spacial score (nSPS) is 10.2. The van der Waals surface area contributed by atoms with Crippen molar-refractivity contribution in [1.82, 2.24) is 9.78 Å². The number of aryl methyl sites for hydroxylation is 1. The standard InChI is InChI=1S/C14H16N2O/c1-4-11-6-12(8-14(7-11)17-5-2)13-9-15-16(3)10-13/h4,6-10H,1,5H2,2-3H3. The van der Waals surface area contributed by atoms with Gasteiger partial charge in [-0.3, -0.25) is 4.68 Å². The third kappa shape index (κ3) is 2.56. The highest BCUT2D eigenvalue weighted by Crippen LogP contribution is 2.26. The number of rotatable bonds is 4. The first-order valence-electron chi connectivity index (χ1n) is 5.62. The van der Waals surface area contributed by atoms with E-state index in [0.717, 1.165) is 22.4 Å². The summed E-state index contributed by atoms with van der Waals surface area (Å²) < 4.78 is 7.33. The molecule has 0 spiro atoms. The molecule has 2 rings (SSSR count). The zero-order valence-corrected chi connectivity index (χ0v) is 10.2. The molecule has 0 aliphatic heterocycles. The van der Waals surface area contributed by atoms with E-state index in [9.17, 15) is 0 Å². The maximum absolute atomic E-state index is 5.54. The average molecular weight is 228 g/mol. The molecule has 0 aliphatic rings. The lowest BCUT2D eigenvalue weighted by Crippen LogP contribution is -1.92. The molecule has 17 heavy (non-hydrogen) atoms. The molecule has 1 aromatic carbocycles. The average Bonchev–Trinajstić information content (AvgIpc) is 2.76. The third-order valence-electron chi connectivity index (χ3n) is 2.51. The minimum atomic E-state index is 0.660. The van der Waals surface area contributed by atoms with E-state index in [0.29, 0.717) is 6.61 Å². The fourth-order valence-electron chi connectivity index (χ4n) is 1.73. The van der Waals surface area contributed by atoms with Crippen molar-refractivity contribution in [3.8, 4) is 16.9 Å². The highest BCUT2D eigenvalue weighted by Gasteiger charge is 2.04. The smallest absolute Gasteiger partial charge is 0.120 e. The molecule has 0 unspecified atom stereocenters. The van der Waals surface area contributed by atoms with Crippen LogP contribution in [0.4, 0.5) is 0 Å². The number of hydrogen-bond acceptors (Lipinski definition) is 2. The lowest BCUT2D eigenvalue weighted by atomic mass is 10.1. The summed E-state index contributed by atoms with van der Waals surface area (Å²) in [6.45, 7) is 6.43. The Kier molecular flexibility index (Phi) is 3.28. The number of nitrogens with zero attached hydrogens (tertiary/aromatic N) is 2. The maximum atomic E-state index is 5.54. The summed E-state index contributed by atoms with van der Waals surface area (Å²) >= 11 is 0. The summed E-state index contributed by atoms with van der Waals surface area (Å²) in [5, 5.41) is 4.17. The molecule has 88 valence electrons. The van der Waals surface area contributed by atoms with E-state index in [1.54, 1.807) is 4.68 Å². The quantitative estimate of drug-likeness (QED) is 0.804. The van der Waals surface area contributed by atoms with Gasteiger partial charge in [0, 0.05) is 18.8 Å². The summed E-state index contributed by atoms with van der Waals surface area (Å²) in [4.78, 5) is 0. The molecule has 0 fully saturated rings. The van der Waals surface area contributed by atoms with E-state index in [1.807, 2.05) is 44.6 Å². The molecule has 1 aromatic heterocycles. The predicted octanol–water partition coefficient (Wildman–Crippen LogP) is 3.13. The first-order valence-corrected chi connectivity index (χ1v) is 5.62. The van der Waals surface area contributed by atoms with Gasteiger partial charge >= 0.3 is 0 Å². The fraction of sp³-hybridized carbons (Fsp3) is 0.214. The Balaban J connectivity index is 2.45. The van der Waals surface area contributed by atoms with Gasteiger partial charge in [0.05, 0.1) is 12.8 Å². The molecule has 0 amide bonds. The molecule has 1 heterocycles. The monoisotopic (exact) mass is 228 g/mol. The van der Waals surface area contributed by atoms with Crippen molar-refractivity contribution in [2.75, 3.05) is 6.61 Å². The molecule has 0 aliphatic carbocycles. The van der Waals surface area contributed by atoms with E-state index in [4.69, 9.17) is 4.74 Å². The predicted molar refractivity (Wildman–Crippen MR) is 69.9 cm³/mol. The van der Waals surface area contributed by atoms with Gasteiger partial charge in [-0.1, -0.05) is 12.7 Å². The Morgan fingerprint density at radius 2 is 2.18 bits per heavy atom. The third-order valence-corrected chi connectivity index (χ3v) is 2.51. The van der Waals surface area contributed by atoms with Crippen LogP contribution in [0.25, 0.3) is 17.2 Å². The number of hydrogen-bond donors (Lipinski definition) is 0. The van der Waals surface area contributed by atoms with Crippen LogP contribution in [-0.2, 0) is 7.05 Å². The fourth-order valence-corrected chi connectivity index (χ4v) is 1.73. The molecule has 2 aromatic rings. The Hall–Kier alpha value is -2.03. The van der Waals surface area contributed by atoms with E-state index in [2.05, 4.69) is 17.7 Å². The van der Waals surface area contributed by atoms with E-state index >= 15 is 0 Å². The molecular weight excluding hydrogens is 212 g/mol. The van der Waals surface area contributed by atoms with Crippen molar-refractivity contribution in [3.63, 3.8) is 0 Å². The molecule has 3 nitrogen and oxygen atoms in total. The van der Waals surface area contributed by atoms with Crippen molar-refractivity contribution < 1.29 is 4.74 Å². The van der Waals surface area contributed by atoms with Crippen LogP contribution in [-0.4, -0.2) is 16.4 Å². The highest BCUT2D eigenvalue weighted by atomic mass is 16.5. The van der Waals surface area contributed by atoms with Crippen molar-refractivity contribution in [1.29, 1.82) is 0 Å². The Morgan fingerprint density at radius 1 is 1.35 bits per heavy atom. The molecule has 0 radical (unpaired) electrons. The van der Waals surface area contributed by atoms with Gasteiger partial charge < -0.3 is 4.74 Å². The van der Waals surface area contributed by atoms with E-state index in [1.165, 1.54) is 0 Å². The van der Waals surface area contributed by atoms with Gasteiger partial charge in [-0.05, 0) is 36.2 Å². The first-order chi connectivity index (χ1) is 8.22. The number of ether oxygens (including phenoxy) is 1. The van der Waals surface area contributed by atoms with Crippen LogP contribution in [0.3, 0.4) is 0 Å². The van der Waals surface area contributed by atoms with E-state index < -0.39 is 0 Å². The van der Waals surface area contributed by atoms with Gasteiger partial charge in [-0.25, -0.2) is 0 Å². The second kappa shape index (κ2) is 4.87. The molecule has 0 N–H and O–H groups in total. The molecule has 0 bridgehead atoms. The molecule has 0 saturated heterocycles. The minimum absolute atomic E-state index is 0.660. The summed E-state index contributed by atoms with van der Waals surface area (Å²) in [7, 11) is 1.91. The van der Waals surface area contributed by atoms with Crippen LogP contribution in [0, 0.1) is 0 Å². The van der Waals surface area contributed by atoms with Crippen molar-refractivity contribution in [3.05, 3.63) is 42.7 Å². The van der Waals surface area contributed by atoms with Crippen molar-refractivity contribution >= 4 is 6.08 Å². The number of aromatic nitrogens is 2. The Morgan fingerprint density at radius 3 is 2.76 bits per heavy atom. The van der Waals surface area contributed by atoms with Gasteiger partial charge in [0.15, 0.2) is 0 Å². The zero-order chi connectivity index (χ0) is 12.3. The summed E-state index contributed by atoms with van der Waals surface area (Å²) in [5.41, 5.74) is 3.23. The van der Waals surface area contributed by atoms with Gasteiger partial charge in [0.1, 0.15) is 5.75 Å². The second-order valence-electron chi connectivity index (χ2n) is 3.83. The van der Waals surface area contributed by atoms with Crippen LogP contribution in [0.2, 0.25) is 0 Å². The lowest BCUT2D eigenvalue weighted by molar-refractivity contribution is 0.340. The van der Waals surface area contributed by atoms with Crippen LogP contribution in [0.15, 0.2) is 37.2 Å². The van der Waals surface area contributed by atoms with Gasteiger partial charge in [0.25, 0.3) is 0 Å². The van der Waals surface area contributed by atoms with Gasteiger partial charge in [0.2, 0.25) is 0 Å². The van der Waals surface area contributed by atoms with Crippen LogP contribution < -0.4 is 4.74 Å². The maximum Gasteiger partial charge on any atom is 0.120 e. The van der Waals surface area contributed by atoms with E-state index in [-0.39, 0.29) is 0 Å². The largest absolute Gasteiger partial charge is 0.494 e. The van der Waals surface area contributed by atoms with Crippen LogP contribution >= 0.6 is 0 Å². The lowest BCUT2D eigenvalue weighted by Gasteiger charge is -2.07. The summed E-state index contributed by atoms with van der Waals surface area (Å²) in [6.07, 6.45) is 5.65. The van der Waals surface area contributed by atoms with Gasteiger partial charge in [-0.2, -0.15) is 5.10 Å². The Bertz CT molecular complexity index is 529. The second-order valence-corrected chi connectivity index (χ2v) is 3.83. The Labute approximate surface area is 101 Å². The van der Waals surface area contributed by atoms with Crippen LogP contribution in [0.1, 0.15) is 12.5 Å². The zero-order valence-electron chi connectivity index (χ0n) is 10.2. The molecular formula is C14H16N2O. The molecule has 3 heteroatoms. The molecule has 0 atom stereocenters. The van der Waals surface area contributed by atoms with Crippen molar-refractivity contribution in [2.45, 2.75) is 6.92 Å². The highest BCUT2D eigenvalue weighted by molar-refractivity contribution is 5.68. The first kappa shape index (κ1) is 11.5. The number of benzene rings is 1. The molecule has 0 saturated carbocycles. The van der Waals surface area contributed by atoms with Crippen LogP contribution in [0.5, 0.6) is 5.75 Å².